The highest BCUT2D eigenvalue weighted by Crippen LogP contribution is 2.14. The molecule has 0 aliphatic carbocycles. The fourth-order valence-electron chi connectivity index (χ4n) is 2.75. The molecule has 0 amide bonds. The molecule has 0 bridgehead atoms. The average molecular weight is 302 g/mol. The van der Waals surface area contributed by atoms with Crippen molar-refractivity contribution in [1.29, 1.82) is 0 Å². The van der Waals surface area contributed by atoms with E-state index in [1.54, 1.807) is 0 Å². The number of hydrogen-bond acceptors (Lipinski definition) is 3. The van der Waals surface area contributed by atoms with Crippen molar-refractivity contribution in [2.45, 2.75) is 109 Å². The van der Waals surface area contributed by atoms with Gasteiger partial charge < -0.3 is 15.9 Å². The van der Waals surface area contributed by atoms with Crippen molar-refractivity contribution in [2.24, 2.45) is 5.73 Å². The zero-order chi connectivity index (χ0) is 15.8. The first kappa shape index (κ1) is 20.9. The lowest BCUT2D eigenvalue weighted by Gasteiger charge is -2.16. The Kier molecular flexibility index (Phi) is 16.2. The summed E-state index contributed by atoms with van der Waals surface area (Å²) in [6, 6.07) is 0. The van der Waals surface area contributed by atoms with Gasteiger partial charge in [0.05, 0.1) is 12.2 Å². The second-order valence-electron chi connectivity index (χ2n) is 6.39. The smallest absolute Gasteiger partial charge is 0.0811 e. The summed E-state index contributed by atoms with van der Waals surface area (Å²) in [5, 5.41) is 19.3. The molecule has 0 spiro atoms. The van der Waals surface area contributed by atoms with Crippen LogP contribution in [0.4, 0.5) is 0 Å². The summed E-state index contributed by atoms with van der Waals surface area (Å²) >= 11 is 0. The first-order chi connectivity index (χ1) is 10.2. The minimum Gasteiger partial charge on any atom is -0.390 e. The Balaban J connectivity index is 3.15. The van der Waals surface area contributed by atoms with Gasteiger partial charge in [0.2, 0.25) is 0 Å². The van der Waals surface area contributed by atoms with Gasteiger partial charge in [0.25, 0.3) is 0 Å². The molecule has 0 aliphatic heterocycles. The number of aliphatic hydroxyl groups is 2. The zero-order valence-electron chi connectivity index (χ0n) is 14.2. The summed E-state index contributed by atoms with van der Waals surface area (Å²) in [6.07, 6.45) is 15.8. The van der Waals surface area contributed by atoms with E-state index in [2.05, 4.69) is 6.92 Å². The van der Waals surface area contributed by atoms with Gasteiger partial charge in [0.15, 0.2) is 0 Å². The van der Waals surface area contributed by atoms with E-state index in [9.17, 15) is 10.2 Å². The molecule has 0 aromatic rings. The molecule has 0 saturated carbocycles. The summed E-state index contributed by atoms with van der Waals surface area (Å²) in [5.74, 6) is 0. The fourth-order valence-corrected chi connectivity index (χ4v) is 2.75. The summed E-state index contributed by atoms with van der Waals surface area (Å²) in [5.41, 5.74) is 5.36. The third-order valence-electron chi connectivity index (χ3n) is 4.26. The van der Waals surface area contributed by atoms with E-state index in [-0.39, 0.29) is 0 Å². The van der Waals surface area contributed by atoms with Gasteiger partial charge >= 0.3 is 0 Å². The van der Waals surface area contributed by atoms with E-state index >= 15 is 0 Å². The van der Waals surface area contributed by atoms with Crippen molar-refractivity contribution in [3.63, 3.8) is 0 Å². The number of aliphatic hydroxyl groups excluding tert-OH is 2. The molecule has 2 atom stereocenters. The largest absolute Gasteiger partial charge is 0.390 e. The molecular formula is C18H39NO2. The maximum absolute atomic E-state index is 9.70. The van der Waals surface area contributed by atoms with Crippen molar-refractivity contribution >= 4 is 0 Å². The molecule has 2 unspecified atom stereocenters. The van der Waals surface area contributed by atoms with Crippen molar-refractivity contribution in [3.05, 3.63) is 0 Å². The minimum absolute atomic E-state index is 0.441. The highest BCUT2D eigenvalue weighted by Gasteiger charge is 2.14. The molecule has 0 aliphatic rings. The molecule has 3 heteroatoms. The predicted octanol–water partition coefficient (Wildman–Crippen LogP) is 4.15. The van der Waals surface area contributed by atoms with E-state index in [1.165, 1.54) is 70.6 Å². The van der Waals surface area contributed by atoms with Crippen molar-refractivity contribution in [2.75, 3.05) is 6.54 Å². The quantitative estimate of drug-likeness (QED) is 0.375. The number of rotatable bonds is 16. The molecule has 0 radical (unpaired) electrons. The standard InChI is InChI=1S/C18H39NO2/c1-2-3-4-5-6-7-8-9-10-11-12-13-14-17(20)18(21)15-16-19/h17-18,20-21H,2-16,19H2,1H3. The first-order valence-corrected chi connectivity index (χ1v) is 9.28. The predicted molar refractivity (Wildman–Crippen MR) is 91.4 cm³/mol. The van der Waals surface area contributed by atoms with Crippen LogP contribution < -0.4 is 5.73 Å². The molecule has 3 nitrogen and oxygen atoms in total. The fraction of sp³-hybridized carbons (Fsp3) is 1.00. The van der Waals surface area contributed by atoms with Crippen LogP contribution in [0.2, 0.25) is 0 Å². The lowest BCUT2D eigenvalue weighted by atomic mass is 10.0. The van der Waals surface area contributed by atoms with Crippen molar-refractivity contribution < 1.29 is 10.2 Å². The maximum atomic E-state index is 9.70. The summed E-state index contributed by atoms with van der Waals surface area (Å²) < 4.78 is 0. The normalized spacial score (nSPS) is 14.3. The molecule has 0 saturated heterocycles. The van der Waals surface area contributed by atoms with Crippen LogP contribution in [0.1, 0.15) is 96.8 Å². The molecule has 0 rings (SSSR count). The SMILES string of the molecule is CCCCCCCCCCCCCCC(O)C(O)CCN. The zero-order valence-corrected chi connectivity index (χ0v) is 14.2. The van der Waals surface area contributed by atoms with Crippen molar-refractivity contribution in [1.82, 2.24) is 0 Å². The van der Waals surface area contributed by atoms with Gasteiger partial charge in [-0.3, -0.25) is 0 Å². The van der Waals surface area contributed by atoms with Crippen LogP contribution in [0, 0.1) is 0 Å². The minimum atomic E-state index is -0.636. The molecule has 4 N–H and O–H groups in total. The monoisotopic (exact) mass is 301 g/mol. The van der Waals surface area contributed by atoms with E-state index < -0.39 is 12.2 Å². The van der Waals surface area contributed by atoms with Gasteiger partial charge in [-0.25, -0.2) is 0 Å². The highest BCUT2D eigenvalue weighted by atomic mass is 16.3. The molecular weight excluding hydrogens is 262 g/mol. The van der Waals surface area contributed by atoms with Gasteiger partial charge in [0, 0.05) is 0 Å². The Morgan fingerprint density at radius 1 is 0.619 bits per heavy atom. The molecule has 128 valence electrons. The molecule has 21 heavy (non-hydrogen) atoms. The van der Waals surface area contributed by atoms with Crippen LogP contribution in [0.3, 0.4) is 0 Å². The topological polar surface area (TPSA) is 66.5 Å². The van der Waals surface area contributed by atoms with E-state index in [4.69, 9.17) is 5.73 Å². The van der Waals surface area contributed by atoms with E-state index in [0.29, 0.717) is 19.4 Å². The second-order valence-corrected chi connectivity index (χ2v) is 6.39. The number of hydrogen-bond donors (Lipinski definition) is 3. The van der Waals surface area contributed by atoms with Gasteiger partial charge in [-0.2, -0.15) is 0 Å². The maximum Gasteiger partial charge on any atom is 0.0811 e. The Hall–Kier alpha value is -0.120. The van der Waals surface area contributed by atoms with Crippen LogP contribution in [-0.2, 0) is 0 Å². The highest BCUT2D eigenvalue weighted by molar-refractivity contribution is 4.67. The van der Waals surface area contributed by atoms with Crippen LogP contribution in [0.15, 0.2) is 0 Å². The van der Waals surface area contributed by atoms with Gasteiger partial charge in [-0.15, -0.1) is 0 Å². The lowest BCUT2D eigenvalue weighted by molar-refractivity contribution is 0.00998. The Morgan fingerprint density at radius 2 is 1.00 bits per heavy atom. The molecule has 0 fully saturated rings. The Labute approximate surface area is 132 Å². The van der Waals surface area contributed by atoms with Gasteiger partial charge in [0.1, 0.15) is 0 Å². The van der Waals surface area contributed by atoms with Crippen LogP contribution >= 0.6 is 0 Å². The molecule has 0 heterocycles. The third kappa shape index (κ3) is 14.6. The second kappa shape index (κ2) is 16.3. The summed E-state index contributed by atoms with van der Waals surface area (Å²) in [7, 11) is 0. The Morgan fingerprint density at radius 3 is 1.43 bits per heavy atom. The van der Waals surface area contributed by atoms with Gasteiger partial charge in [-0.1, -0.05) is 84.0 Å². The van der Waals surface area contributed by atoms with E-state index in [0.717, 1.165) is 6.42 Å². The van der Waals surface area contributed by atoms with Crippen molar-refractivity contribution in [3.8, 4) is 0 Å². The first-order valence-electron chi connectivity index (χ1n) is 9.28. The lowest BCUT2D eigenvalue weighted by Crippen LogP contribution is -2.28. The van der Waals surface area contributed by atoms with Gasteiger partial charge in [-0.05, 0) is 19.4 Å². The van der Waals surface area contributed by atoms with Crippen LogP contribution in [0.25, 0.3) is 0 Å². The molecule has 0 aromatic carbocycles. The summed E-state index contributed by atoms with van der Waals surface area (Å²) in [6.45, 7) is 2.70. The Bertz CT molecular complexity index is 200. The van der Waals surface area contributed by atoms with Crippen LogP contribution in [-0.4, -0.2) is 29.0 Å². The number of nitrogens with two attached hydrogens (primary N) is 1. The van der Waals surface area contributed by atoms with E-state index in [1.807, 2.05) is 0 Å². The summed E-state index contributed by atoms with van der Waals surface area (Å²) in [4.78, 5) is 0. The average Bonchev–Trinajstić information content (AvgIpc) is 2.48. The van der Waals surface area contributed by atoms with Crippen LogP contribution in [0.5, 0.6) is 0 Å². The molecule has 0 aromatic heterocycles. The number of unbranched alkanes of at least 4 members (excludes halogenated alkanes) is 11. The third-order valence-corrected chi connectivity index (χ3v) is 4.26.